The monoisotopic (exact) mass is 518 g/mol. The lowest BCUT2D eigenvalue weighted by atomic mass is 10.3. The largest absolute Gasteiger partial charge is 0.543 e. The van der Waals surface area contributed by atoms with Crippen molar-refractivity contribution in [1.29, 1.82) is 0 Å². The van der Waals surface area contributed by atoms with Crippen LogP contribution in [0.1, 0.15) is 0 Å². The van der Waals surface area contributed by atoms with Crippen molar-refractivity contribution in [1.82, 2.24) is 0 Å². The second-order valence-corrected chi connectivity index (χ2v) is 8.80. The highest BCUT2D eigenvalue weighted by Gasteiger charge is 2.37. The Morgan fingerprint density at radius 2 is 0.875 bits per heavy atom. The van der Waals surface area contributed by atoms with Crippen LogP contribution in [0.2, 0.25) is 15.1 Å². The molecule has 170 valence electrons. The molecule has 0 fully saturated rings. The highest BCUT2D eigenvalue weighted by molar-refractivity contribution is 7.48. The molecular weight excluding hydrogens is 502 g/mol. The lowest BCUT2D eigenvalue weighted by Gasteiger charge is -2.29. The van der Waals surface area contributed by atoms with Gasteiger partial charge in [-0.2, -0.15) is 15.5 Å². The first-order valence-electron chi connectivity index (χ1n) is 8.75. The van der Waals surface area contributed by atoms with Gasteiger partial charge in [-0.05, 0) is 54.6 Å². The van der Waals surface area contributed by atoms with E-state index in [4.69, 9.17) is 66.2 Å². The van der Waals surface area contributed by atoms with Gasteiger partial charge >= 0.3 is 7.82 Å². The number of nitrogens with two attached hydrogens (primary N) is 3. The van der Waals surface area contributed by atoms with E-state index in [1.165, 1.54) is 18.2 Å². The van der Waals surface area contributed by atoms with E-state index in [0.29, 0.717) is 30.6 Å². The predicted molar refractivity (Wildman–Crippen MR) is 125 cm³/mol. The lowest BCUT2D eigenvalue weighted by molar-refractivity contribution is 0.0860. The minimum atomic E-state index is -4.66. The van der Waals surface area contributed by atoms with E-state index in [2.05, 4.69) is 0 Å². The quantitative estimate of drug-likeness (QED) is 0.202. The SMILES string of the molecule is NN(OP(=O)(ON(N)c1cccc(Cl)c1)ON(N)c1cccc(Cl)c1)c1cccc(Cl)c1. The van der Waals surface area contributed by atoms with Crippen LogP contribution >= 0.6 is 42.6 Å². The molecule has 14 heteroatoms. The molecule has 0 aromatic heterocycles. The first kappa shape index (κ1) is 24.6. The molecule has 3 aromatic rings. The van der Waals surface area contributed by atoms with Crippen molar-refractivity contribution in [2.75, 3.05) is 15.5 Å². The Morgan fingerprint density at radius 1 is 0.594 bits per heavy atom. The molecule has 0 aliphatic heterocycles. The number of benzene rings is 3. The first-order valence-corrected chi connectivity index (χ1v) is 11.3. The van der Waals surface area contributed by atoms with Crippen molar-refractivity contribution < 1.29 is 18.4 Å². The van der Waals surface area contributed by atoms with Crippen LogP contribution in [-0.2, 0) is 18.4 Å². The van der Waals surface area contributed by atoms with Gasteiger partial charge in [0.2, 0.25) is 0 Å². The average molecular weight is 520 g/mol. The number of rotatable bonds is 9. The topological polar surface area (TPSA) is 133 Å². The molecule has 0 atom stereocenters. The maximum absolute atomic E-state index is 13.5. The molecule has 0 amide bonds. The van der Waals surface area contributed by atoms with E-state index in [0.717, 1.165) is 0 Å². The number of hydrogen-bond acceptors (Lipinski definition) is 10. The van der Waals surface area contributed by atoms with E-state index in [1.54, 1.807) is 54.6 Å². The van der Waals surface area contributed by atoms with Gasteiger partial charge in [0.25, 0.3) is 0 Å². The third-order valence-corrected chi connectivity index (χ3v) is 5.59. The average Bonchev–Trinajstić information content (AvgIpc) is 2.73. The third kappa shape index (κ3) is 6.71. The summed E-state index contributed by atoms with van der Waals surface area (Å²) < 4.78 is 29.3. The van der Waals surface area contributed by atoms with Gasteiger partial charge in [0.1, 0.15) is 0 Å². The number of halogens is 3. The number of hydrogen-bond donors (Lipinski definition) is 3. The van der Waals surface area contributed by atoms with Gasteiger partial charge in [-0.15, -0.1) is 13.9 Å². The second kappa shape index (κ2) is 10.7. The molecule has 32 heavy (non-hydrogen) atoms. The van der Waals surface area contributed by atoms with Crippen molar-refractivity contribution in [2.24, 2.45) is 17.5 Å². The van der Waals surface area contributed by atoms with Gasteiger partial charge in [0.05, 0.1) is 17.1 Å². The fourth-order valence-electron chi connectivity index (χ4n) is 2.35. The highest BCUT2D eigenvalue weighted by atomic mass is 35.5. The predicted octanol–water partition coefficient (Wildman–Crippen LogP) is 4.99. The normalized spacial score (nSPS) is 11.3. The zero-order chi connectivity index (χ0) is 23.3. The second-order valence-electron chi connectivity index (χ2n) is 6.11. The number of anilines is 3. The Labute approximate surface area is 198 Å². The van der Waals surface area contributed by atoms with Gasteiger partial charge < -0.3 is 0 Å². The molecule has 6 N–H and O–H groups in total. The Bertz CT molecular complexity index is 991. The van der Waals surface area contributed by atoms with Crippen LogP contribution in [0, 0.1) is 0 Å². The maximum atomic E-state index is 13.5. The molecule has 3 aromatic carbocycles. The number of phosphoric acid groups is 1. The van der Waals surface area contributed by atoms with E-state index < -0.39 is 7.82 Å². The van der Waals surface area contributed by atoms with Crippen molar-refractivity contribution in [3.05, 3.63) is 87.9 Å². The molecule has 0 saturated carbocycles. The summed E-state index contributed by atoms with van der Waals surface area (Å²) in [6, 6.07) is 18.7. The molecule has 0 aliphatic rings. The van der Waals surface area contributed by atoms with E-state index >= 15 is 0 Å². The zero-order valence-electron chi connectivity index (χ0n) is 16.2. The van der Waals surface area contributed by atoms with Crippen LogP contribution in [-0.4, -0.2) is 0 Å². The number of hydrazine groups is 3. The Balaban J connectivity index is 1.87. The molecule has 0 radical (unpaired) electrons. The summed E-state index contributed by atoms with van der Waals surface area (Å²) >= 11 is 17.9. The van der Waals surface area contributed by atoms with Gasteiger partial charge in [0.15, 0.2) is 0 Å². The minimum Gasteiger partial charge on any atom is -0.222 e. The lowest BCUT2D eigenvalue weighted by Crippen LogP contribution is -2.38. The fourth-order valence-corrected chi connectivity index (χ4v) is 3.92. The third-order valence-electron chi connectivity index (χ3n) is 3.75. The summed E-state index contributed by atoms with van der Waals surface area (Å²) in [5.41, 5.74) is 0.715. The molecule has 0 bridgehead atoms. The fraction of sp³-hybridized carbons (Fsp3) is 0. The maximum Gasteiger partial charge on any atom is 0.543 e. The van der Waals surface area contributed by atoms with Crippen molar-refractivity contribution in [3.8, 4) is 0 Å². The van der Waals surface area contributed by atoms with Crippen LogP contribution < -0.4 is 33.0 Å². The van der Waals surface area contributed by atoms with Crippen molar-refractivity contribution >= 4 is 59.7 Å². The first-order chi connectivity index (χ1) is 15.1. The standard InChI is InChI=1S/C18H18Cl3N6O4P/c19-13-4-1-7-16(10-13)25(22)29-32(28,30-26(23)17-8-2-5-14(20)11-17)31-27(24)18-9-3-6-15(21)12-18/h1-12H,22-24H2. The molecule has 0 saturated heterocycles. The molecule has 0 unspecified atom stereocenters. The minimum absolute atomic E-state index is 0.238. The summed E-state index contributed by atoms with van der Waals surface area (Å²) in [4.78, 5) is 0. The van der Waals surface area contributed by atoms with Crippen LogP contribution in [0.5, 0.6) is 0 Å². The Hall–Kier alpha value is -2.08. The van der Waals surface area contributed by atoms with Gasteiger partial charge in [-0.1, -0.05) is 53.0 Å². The number of nitrogens with zero attached hydrogens (tertiary/aromatic N) is 3. The van der Waals surface area contributed by atoms with E-state index in [1.807, 2.05) is 0 Å². The van der Waals surface area contributed by atoms with E-state index in [9.17, 15) is 4.57 Å². The molecule has 0 heterocycles. The molecular formula is C18H18Cl3N6O4P. The van der Waals surface area contributed by atoms with Gasteiger partial charge in [-0.3, -0.25) is 0 Å². The summed E-state index contributed by atoms with van der Waals surface area (Å²) in [6.45, 7) is 0. The smallest absolute Gasteiger partial charge is 0.222 e. The van der Waals surface area contributed by atoms with Crippen molar-refractivity contribution in [3.63, 3.8) is 0 Å². The molecule has 10 nitrogen and oxygen atoms in total. The van der Waals surface area contributed by atoms with Gasteiger partial charge in [-0.25, -0.2) is 22.1 Å². The van der Waals surface area contributed by atoms with Crippen molar-refractivity contribution in [2.45, 2.75) is 0 Å². The summed E-state index contributed by atoms with van der Waals surface area (Å²) in [5, 5.41) is 3.00. The van der Waals surface area contributed by atoms with Crippen LogP contribution in [0.15, 0.2) is 72.8 Å². The van der Waals surface area contributed by atoms with Crippen LogP contribution in [0.3, 0.4) is 0 Å². The van der Waals surface area contributed by atoms with E-state index in [-0.39, 0.29) is 17.1 Å². The molecule has 0 spiro atoms. The van der Waals surface area contributed by atoms with Crippen LogP contribution in [0.4, 0.5) is 17.1 Å². The molecule has 0 aliphatic carbocycles. The summed E-state index contributed by atoms with van der Waals surface area (Å²) in [7, 11) is -4.66. The summed E-state index contributed by atoms with van der Waals surface area (Å²) in [5.74, 6) is 17.7. The Morgan fingerprint density at radius 3 is 1.12 bits per heavy atom. The zero-order valence-corrected chi connectivity index (χ0v) is 19.4. The Kier molecular flexibility index (Phi) is 8.21. The van der Waals surface area contributed by atoms with Gasteiger partial charge in [0, 0.05) is 15.1 Å². The summed E-state index contributed by atoms with van der Waals surface area (Å²) in [6.07, 6.45) is 0. The highest BCUT2D eigenvalue weighted by Crippen LogP contribution is 2.52. The molecule has 3 rings (SSSR count). The van der Waals surface area contributed by atoms with Crippen LogP contribution in [0.25, 0.3) is 0 Å².